The van der Waals surface area contributed by atoms with Gasteiger partial charge in [0, 0.05) is 17.2 Å². The molecule has 2 aliphatic heterocycles. The van der Waals surface area contributed by atoms with Crippen LogP contribution in [0.25, 0.3) is 0 Å². The predicted molar refractivity (Wildman–Crippen MR) is 127 cm³/mol. The first-order valence-electron chi connectivity index (χ1n) is 10.1. The highest BCUT2D eigenvalue weighted by atomic mass is 35.5. The molecule has 0 N–H and O–H groups in total. The number of imide groups is 1. The summed E-state index contributed by atoms with van der Waals surface area (Å²) in [6, 6.07) is 16.3. The van der Waals surface area contributed by atoms with Crippen LogP contribution >= 0.6 is 34.8 Å². The molecule has 3 atom stereocenters. The van der Waals surface area contributed by atoms with Gasteiger partial charge < -0.3 is 0 Å². The Balaban J connectivity index is 1.61. The first-order chi connectivity index (χ1) is 16.3. The second kappa shape index (κ2) is 8.56. The molecule has 0 spiro atoms. The number of fused-ring (bicyclic) bond motifs is 1. The van der Waals surface area contributed by atoms with E-state index in [9.17, 15) is 19.7 Å². The van der Waals surface area contributed by atoms with E-state index in [0.717, 1.165) is 4.90 Å². The van der Waals surface area contributed by atoms with Crippen LogP contribution in [0.3, 0.4) is 0 Å². The van der Waals surface area contributed by atoms with Crippen molar-refractivity contribution in [3.05, 3.63) is 97.5 Å². The van der Waals surface area contributed by atoms with Crippen molar-refractivity contribution < 1.29 is 19.3 Å². The zero-order valence-corrected chi connectivity index (χ0v) is 19.4. The number of amides is 2. The van der Waals surface area contributed by atoms with E-state index in [2.05, 4.69) is 0 Å². The summed E-state index contributed by atoms with van der Waals surface area (Å²) in [6.45, 7) is 0. The minimum absolute atomic E-state index is 0.161. The molecule has 0 unspecified atom stereocenters. The minimum Gasteiger partial charge on any atom is -0.273 e. The van der Waals surface area contributed by atoms with Crippen molar-refractivity contribution in [2.24, 2.45) is 5.92 Å². The van der Waals surface area contributed by atoms with Crippen molar-refractivity contribution >= 4 is 63.7 Å². The average molecular weight is 519 g/mol. The molecular weight excluding hydrogens is 505 g/mol. The number of nitro groups is 1. The Hall–Kier alpha value is -3.17. The number of benzene rings is 3. The van der Waals surface area contributed by atoms with Gasteiger partial charge in [0.15, 0.2) is 6.10 Å². The zero-order valence-electron chi connectivity index (χ0n) is 17.1. The van der Waals surface area contributed by atoms with Crippen LogP contribution in [0.4, 0.5) is 17.1 Å². The van der Waals surface area contributed by atoms with Gasteiger partial charge in [0.2, 0.25) is 5.91 Å². The first-order valence-corrected chi connectivity index (χ1v) is 11.2. The van der Waals surface area contributed by atoms with Crippen LogP contribution in [0.2, 0.25) is 15.1 Å². The highest BCUT2D eigenvalue weighted by Crippen LogP contribution is 2.49. The van der Waals surface area contributed by atoms with Gasteiger partial charge in [-0.3, -0.25) is 24.5 Å². The fourth-order valence-corrected chi connectivity index (χ4v) is 4.83. The van der Waals surface area contributed by atoms with Crippen molar-refractivity contribution in [1.29, 1.82) is 0 Å². The summed E-state index contributed by atoms with van der Waals surface area (Å²) in [7, 11) is 0. The summed E-state index contributed by atoms with van der Waals surface area (Å²) in [6.07, 6.45) is -1.16. The molecule has 34 heavy (non-hydrogen) atoms. The van der Waals surface area contributed by atoms with Gasteiger partial charge in [0.1, 0.15) is 5.92 Å². The van der Waals surface area contributed by atoms with E-state index in [1.165, 1.54) is 41.5 Å². The number of hydrogen-bond donors (Lipinski definition) is 0. The lowest BCUT2D eigenvalue weighted by atomic mass is 9.90. The summed E-state index contributed by atoms with van der Waals surface area (Å²) in [5, 5.41) is 13.5. The SMILES string of the molecule is O=C1[C@H]2[C@@H](c3ccccc3Cl)N(c3cccc([N+](=O)[O-])c3)O[C@H]2C(=O)N1c1ccc(Cl)c(Cl)c1. The first kappa shape index (κ1) is 22.6. The molecule has 172 valence electrons. The molecule has 0 aliphatic carbocycles. The third kappa shape index (κ3) is 3.59. The molecule has 11 heteroatoms. The summed E-state index contributed by atoms with van der Waals surface area (Å²) < 4.78 is 0. The van der Waals surface area contributed by atoms with Gasteiger partial charge in [-0.1, -0.05) is 59.1 Å². The van der Waals surface area contributed by atoms with Crippen molar-refractivity contribution in [1.82, 2.24) is 0 Å². The van der Waals surface area contributed by atoms with Gasteiger partial charge in [-0.15, -0.1) is 0 Å². The monoisotopic (exact) mass is 517 g/mol. The molecule has 0 saturated carbocycles. The van der Waals surface area contributed by atoms with Gasteiger partial charge in [-0.2, -0.15) is 0 Å². The number of halogens is 3. The molecule has 0 bridgehead atoms. The second-order valence-corrected chi connectivity index (χ2v) is 8.95. The van der Waals surface area contributed by atoms with Crippen molar-refractivity contribution in [2.75, 3.05) is 9.96 Å². The highest BCUT2D eigenvalue weighted by Gasteiger charge is 2.60. The molecule has 3 aromatic carbocycles. The third-order valence-corrected chi connectivity index (χ3v) is 6.88. The Kier molecular flexibility index (Phi) is 5.69. The lowest BCUT2D eigenvalue weighted by molar-refractivity contribution is -0.384. The van der Waals surface area contributed by atoms with Crippen LogP contribution < -0.4 is 9.96 Å². The Morgan fingerprint density at radius 2 is 1.59 bits per heavy atom. The number of carbonyl (C=O) groups excluding carboxylic acids is 2. The van der Waals surface area contributed by atoms with Gasteiger partial charge >= 0.3 is 0 Å². The lowest BCUT2D eigenvalue weighted by Crippen LogP contribution is -2.37. The van der Waals surface area contributed by atoms with Crippen LogP contribution in [-0.2, 0) is 14.4 Å². The molecule has 2 fully saturated rings. The number of rotatable bonds is 4. The largest absolute Gasteiger partial charge is 0.273 e. The summed E-state index contributed by atoms with van der Waals surface area (Å²) in [5.41, 5.74) is 0.962. The Labute approximate surface area is 208 Å². The van der Waals surface area contributed by atoms with Crippen LogP contribution in [-0.4, -0.2) is 22.8 Å². The Morgan fingerprint density at radius 3 is 2.29 bits per heavy atom. The molecule has 2 amide bonds. The number of nitrogens with zero attached hydrogens (tertiary/aromatic N) is 3. The molecular formula is C23H14Cl3N3O5. The van der Waals surface area contributed by atoms with Crippen LogP contribution in [0.5, 0.6) is 0 Å². The molecule has 5 rings (SSSR count). The fourth-order valence-electron chi connectivity index (χ4n) is 4.29. The van der Waals surface area contributed by atoms with Crippen molar-refractivity contribution in [2.45, 2.75) is 12.1 Å². The van der Waals surface area contributed by atoms with E-state index < -0.39 is 34.8 Å². The van der Waals surface area contributed by atoms with E-state index in [1.807, 2.05) is 0 Å². The van der Waals surface area contributed by atoms with E-state index in [1.54, 1.807) is 30.3 Å². The summed E-state index contributed by atoms with van der Waals surface area (Å²) >= 11 is 18.6. The maximum absolute atomic E-state index is 13.6. The summed E-state index contributed by atoms with van der Waals surface area (Å²) in [4.78, 5) is 44.8. The predicted octanol–water partition coefficient (Wildman–Crippen LogP) is 5.61. The molecule has 2 heterocycles. The quantitative estimate of drug-likeness (QED) is 0.253. The number of nitro benzene ring substituents is 1. The molecule has 0 aromatic heterocycles. The standard InChI is InChI=1S/C23H14Cl3N3O5/c24-16-7-2-1-6-15(16)20-19-21(34-28(20)13-4-3-5-14(10-13)29(32)33)23(31)27(22(19)30)12-8-9-17(25)18(26)11-12/h1-11,19-21H/t19-,20+,21+/m0/s1. The average Bonchev–Trinajstić information content (AvgIpc) is 3.32. The number of anilines is 2. The summed E-state index contributed by atoms with van der Waals surface area (Å²) in [5.74, 6) is -2.05. The molecule has 8 nitrogen and oxygen atoms in total. The van der Waals surface area contributed by atoms with Gasteiger partial charge in [-0.05, 0) is 35.9 Å². The topological polar surface area (TPSA) is 93.0 Å². The van der Waals surface area contributed by atoms with E-state index in [4.69, 9.17) is 39.6 Å². The third-order valence-electron chi connectivity index (χ3n) is 5.80. The Bertz CT molecular complexity index is 1350. The molecule has 3 aromatic rings. The number of non-ortho nitro benzene ring substituents is 1. The van der Waals surface area contributed by atoms with Crippen LogP contribution in [0.1, 0.15) is 11.6 Å². The van der Waals surface area contributed by atoms with Gasteiger partial charge in [0.05, 0.1) is 32.4 Å². The fraction of sp³-hybridized carbons (Fsp3) is 0.130. The van der Waals surface area contributed by atoms with E-state index in [0.29, 0.717) is 16.3 Å². The van der Waals surface area contributed by atoms with Crippen LogP contribution in [0, 0.1) is 16.0 Å². The normalized spacial score (nSPS) is 21.8. The lowest BCUT2D eigenvalue weighted by Gasteiger charge is -2.29. The van der Waals surface area contributed by atoms with Crippen molar-refractivity contribution in [3.8, 4) is 0 Å². The van der Waals surface area contributed by atoms with Gasteiger partial charge in [-0.25, -0.2) is 9.96 Å². The maximum atomic E-state index is 13.6. The van der Waals surface area contributed by atoms with E-state index >= 15 is 0 Å². The molecule has 2 saturated heterocycles. The maximum Gasteiger partial charge on any atom is 0.271 e. The second-order valence-electron chi connectivity index (χ2n) is 7.73. The van der Waals surface area contributed by atoms with Crippen molar-refractivity contribution in [3.63, 3.8) is 0 Å². The van der Waals surface area contributed by atoms with Gasteiger partial charge in [0.25, 0.3) is 11.6 Å². The minimum atomic E-state index is -1.16. The zero-order chi connectivity index (χ0) is 24.1. The number of carbonyl (C=O) groups is 2. The highest BCUT2D eigenvalue weighted by molar-refractivity contribution is 6.42. The van der Waals surface area contributed by atoms with E-state index in [-0.39, 0.29) is 21.4 Å². The Morgan fingerprint density at radius 1 is 0.824 bits per heavy atom. The number of hydrogen-bond acceptors (Lipinski definition) is 6. The molecule has 2 aliphatic rings. The number of hydroxylamine groups is 1. The van der Waals surface area contributed by atoms with Crippen LogP contribution in [0.15, 0.2) is 66.7 Å². The molecule has 0 radical (unpaired) electrons. The smallest absolute Gasteiger partial charge is 0.271 e.